The number of hydrogen-bond acceptors (Lipinski definition) is 4. The van der Waals surface area contributed by atoms with Crippen molar-refractivity contribution < 1.29 is 19.1 Å². The molecule has 2 aliphatic heterocycles. The molecule has 7 nitrogen and oxygen atoms in total. The van der Waals surface area contributed by atoms with Crippen LogP contribution in [0.4, 0.5) is 4.79 Å². The normalized spacial score (nSPS) is 24.8. The van der Waals surface area contributed by atoms with E-state index in [0.29, 0.717) is 13.1 Å². The second-order valence-electron chi connectivity index (χ2n) is 9.90. The molecule has 2 atom stereocenters. The van der Waals surface area contributed by atoms with Gasteiger partial charge in [0.05, 0.1) is 6.04 Å². The van der Waals surface area contributed by atoms with Crippen LogP contribution in [0, 0.1) is 11.8 Å². The Bertz CT molecular complexity index is 618. The van der Waals surface area contributed by atoms with E-state index in [4.69, 9.17) is 4.74 Å². The smallest absolute Gasteiger partial charge is 0.407 e. The number of hydrogen-bond donors (Lipinski definition) is 1. The topological polar surface area (TPSA) is 79.0 Å². The summed E-state index contributed by atoms with van der Waals surface area (Å²) in [6, 6.07) is -0.166. The summed E-state index contributed by atoms with van der Waals surface area (Å²) >= 11 is 0. The molecule has 1 aliphatic carbocycles. The Morgan fingerprint density at radius 1 is 0.897 bits per heavy atom. The molecular formula is C22H37N3O4. The predicted octanol–water partition coefficient (Wildman–Crippen LogP) is 2.93. The zero-order valence-corrected chi connectivity index (χ0v) is 18.4. The first-order chi connectivity index (χ1) is 13.7. The van der Waals surface area contributed by atoms with Crippen molar-refractivity contribution in [2.75, 3.05) is 19.6 Å². The van der Waals surface area contributed by atoms with Gasteiger partial charge < -0.3 is 19.9 Å². The van der Waals surface area contributed by atoms with Gasteiger partial charge in [-0.15, -0.1) is 0 Å². The van der Waals surface area contributed by atoms with Gasteiger partial charge >= 0.3 is 6.09 Å². The van der Waals surface area contributed by atoms with Gasteiger partial charge in [0.1, 0.15) is 5.60 Å². The summed E-state index contributed by atoms with van der Waals surface area (Å²) in [5.74, 6) is 0.689. The van der Waals surface area contributed by atoms with Crippen LogP contribution in [-0.4, -0.2) is 65.0 Å². The minimum absolute atomic E-state index is 0.00473. The van der Waals surface area contributed by atoms with Gasteiger partial charge in [-0.2, -0.15) is 0 Å². The first-order valence-electron chi connectivity index (χ1n) is 11.2. The molecule has 3 fully saturated rings. The molecule has 0 radical (unpaired) electrons. The highest BCUT2D eigenvalue weighted by Gasteiger charge is 2.39. The van der Waals surface area contributed by atoms with E-state index >= 15 is 0 Å². The monoisotopic (exact) mass is 407 g/mol. The van der Waals surface area contributed by atoms with E-state index in [-0.39, 0.29) is 35.7 Å². The zero-order chi connectivity index (χ0) is 21.2. The van der Waals surface area contributed by atoms with Gasteiger partial charge in [-0.25, -0.2) is 4.79 Å². The maximum absolute atomic E-state index is 13.3. The fourth-order valence-corrected chi connectivity index (χ4v) is 4.51. The molecule has 0 bridgehead atoms. The number of nitrogens with one attached hydrogen (secondary N) is 1. The lowest BCUT2D eigenvalue weighted by Crippen LogP contribution is -2.56. The Morgan fingerprint density at radius 3 is 2.10 bits per heavy atom. The first-order valence-corrected chi connectivity index (χ1v) is 11.2. The lowest BCUT2D eigenvalue weighted by atomic mass is 9.90. The number of rotatable bonds is 4. The van der Waals surface area contributed by atoms with Gasteiger partial charge in [-0.3, -0.25) is 9.59 Å². The van der Waals surface area contributed by atoms with Gasteiger partial charge in [0.25, 0.3) is 0 Å². The summed E-state index contributed by atoms with van der Waals surface area (Å²) in [7, 11) is 0. The summed E-state index contributed by atoms with van der Waals surface area (Å²) in [5.41, 5.74) is -0.544. The number of piperidine rings is 2. The van der Waals surface area contributed by atoms with Gasteiger partial charge in [-0.05, 0) is 72.6 Å². The Labute approximate surface area is 174 Å². The highest BCUT2D eigenvalue weighted by atomic mass is 16.6. The zero-order valence-electron chi connectivity index (χ0n) is 18.4. The quantitative estimate of drug-likeness (QED) is 0.777. The van der Waals surface area contributed by atoms with E-state index in [1.807, 2.05) is 37.5 Å². The van der Waals surface area contributed by atoms with E-state index in [0.717, 1.165) is 51.5 Å². The van der Waals surface area contributed by atoms with Crippen LogP contribution < -0.4 is 5.32 Å². The fraction of sp³-hybridized carbons (Fsp3) is 0.864. The minimum Gasteiger partial charge on any atom is -0.444 e. The molecule has 0 unspecified atom stereocenters. The maximum Gasteiger partial charge on any atom is 0.407 e. The molecule has 0 aromatic carbocycles. The lowest BCUT2D eigenvalue weighted by molar-refractivity contribution is -0.144. The largest absolute Gasteiger partial charge is 0.444 e. The molecule has 0 spiro atoms. The predicted molar refractivity (Wildman–Crippen MR) is 110 cm³/mol. The first kappa shape index (κ1) is 21.9. The standard InChI is InChI=1S/C22H37N3O4/c1-15(23-21(28)29-22(2,3)4)18-7-5-6-12-25(18)20(27)17-10-13-24(14-11-17)19(26)16-8-9-16/h15-18H,5-14H2,1-4H3,(H,23,28)/t15-,18-/m0/s1. The van der Waals surface area contributed by atoms with Crippen molar-refractivity contribution in [3.8, 4) is 0 Å². The highest BCUT2D eigenvalue weighted by Crippen LogP contribution is 2.33. The van der Waals surface area contributed by atoms with Crippen molar-refractivity contribution in [2.24, 2.45) is 11.8 Å². The molecule has 7 heteroatoms. The van der Waals surface area contributed by atoms with Gasteiger partial charge in [0.15, 0.2) is 0 Å². The number of amides is 3. The van der Waals surface area contributed by atoms with Crippen molar-refractivity contribution in [1.82, 2.24) is 15.1 Å². The molecule has 164 valence electrons. The van der Waals surface area contributed by atoms with Crippen LogP contribution in [-0.2, 0) is 14.3 Å². The lowest BCUT2D eigenvalue weighted by Gasteiger charge is -2.42. The summed E-state index contributed by atoms with van der Waals surface area (Å²) in [5, 5.41) is 2.93. The second-order valence-corrected chi connectivity index (χ2v) is 9.90. The van der Waals surface area contributed by atoms with Gasteiger partial charge in [-0.1, -0.05) is 0 Å². The molecule has 3 rings (SSSR count). The molecular weight excluding hydrogens is 370 g/mol. The number of likely N-dealkylation sites (tertiary alicyclic amines) is 2. The van der Waals surface area contributed by atoms with Crippen LogP contribution in [0.2, 0.25) is 0 Å². The van der Waals surface area contributed by atoms with Crippen molar-refractivity contribution in [3.05, 3.63) is 0 Å². The van der Waals surface area contributed by atoms with E-state index in [2.05, 4.69) is 5.32 Å². The van der Waals surface area contributed by atoms with E-state index in [9.17, 15) is 14.4 Å². The van der Waals surface area contributed by atoms with E-state index in [1.54, 1.807) is 0 Å². The number of carbonyl (C=O) groups excluding carboxylic acids is 3. The molecule has 29 heavy (non-hydrogen) atoms. The van der Waals surface area contributed by atoms with E-state index in [1.165, 1.54) is 0 Å². The van der Waals surface area contributed by atoms with Gasteiger partial charge in [0, 0.05) is 37.5 Å². The Kier molecular flexibility index (Phi) is 6.74. The molecule has 1 saturated carbocycles. The number of nitrogens with zero attached hydrogens (tertiary/aromatic N) is 2. The van der Waals surface area contributed by atoms with Crippen molar-refractivity contribution >= 4 is 17.9 Å². The Balaban J connectivity index is 1.55. The molecule has 1 N–H and O–H groups in total. The third-order valence-electron chi connectivity index (χ3n) is 6.24. The summed E-state index contributed by atoms with van der Waals surface area (Å²) in [6.45, 7) is 9.60. The molecule has 0 aromatic heterocycles. The third kappa shape index (κ3) is 5.86. The highest BCUT2D eigenvalue weighted by molar-refractivity contribution is 5.82. The maximum atomic E-state index is 13.3. The average molecular weight is 408 g/mol. The van der Waals surface area contributed by atoms with Crippen LogP contribution in [0.5, 0.6) is 0 Å². The fourth-order valence-electron chi connectivity index (χ4n) is 4.51. The van der Waals surface area contributed by atoms with Crippen LogP contribution >= 0.6 is 0 Å². The number of carbonyl (C=O) groups is 3. The second kappa shape index (κ2) is 8.92. The van der Waals surface area contributed by atoms with Gasteiger partial charge in [0.2, 0.25) is 11.8 Å². The van der Waals surface area contributed by atoms with Crippen LogP contribution in [0.1, 0.15) is 72.6 Å². The van der Waals surface area contributed by atoms with Crippen molar-refractivity contribution in [1.29, 1.82) is 0 Å². The molecule has 2 heterocycles. The molecule has 3 aliphatic rings. The minimum atomic E-state index is -0.544. The third-order valence-corrected chi connectivity index (χ3v) is 6.24. The average Bonchev–Trinajstić information content (AvgIpc) is 3.50. The molecule has 3 amide bonds. The SMILES string of the molecule is C[C@H](NC(=O)OC(C)(C)C)[C@@H]1CCCCN1C(=O)C1CCN(C(=O)C2CC2)CC1. The Hall–Kier alpha value is -1.79. The van der Waals surface area contributed by atoms with Crippen LogP contribution in [0.15, 0.2) is 0 Å². The molecule has 2 saturated heterocycles. The summed E-state index contributed by atoms with van der Waals surface area (Å²) in [4.78, 5) is 41.6. The van der Waals surface area contributed by atoms with Crippen LogP contribution in [0.3, 0.4) is 0 Å². The summed E-state index contributed by atoms with van der Waals surface area (Å²) in [6.07, 6.45) is 6.05. The van der Waals surface area contributed by atoms with E-state index < -0.39 is 11.7 Å². The number of ether oxygens (including phenoxy) is 1. The number of alkyl carbamates (subject to hydrolysis) is 1. The molecule has 0 aromatic rings. The summed E-state index contributed by atoms with van der Waals surface area (Å²) < 4.78 is 5.38. The van der Waals surface area contributed by atoms with Crippen molar-refractivity contribution in [3.63, 3.8) is 0 Å². The van der Waals surface area contributed by atoms with Crippen molar-refractivity contribution in [2.45, 2.75) is 90.3 Å². The van der Waals surface area contributed by atoms with Crippen LogP contribution in [0.25, 0.3) is 0 Å². The Morgan fingerprint density at radius 2 is 1.52 bits per heavy atom.